The summed E-state index contributed by atoms with van der Waals surface area (Å²) in [4.78, 5) is 11.9. The van der Waals surface area contributed by atoms with Crippen molar-refractivity contribution in [1.29, 1.82) is 0 Å². The molecule has 1 aromatic carbocycles. The summed E-state index contributed by atoms with van der Waals surface area (Å²) in [5.41, 5.74) is 1.77. The third-order valence-corrected chi connectivity index (χ3v) is 2.78. The number of amides is 1. The van der Waals surface area contributed by atoms with Gasteiger partial charge in [0, 0.05) is 12.3 Å². The highest BCUT2D eigenvalue weighted by Crippen LogP contribution is 2.13. The van der Waals surface area contributed by atoms with Gasteiger partial charge in [-0.05, 0) is 24.6 Å². The number of hydrogen-bond acceptors (Lipinski definition) is 4. The Morgan fingerprint density at radius 3 is 3.11 bits per heavy atom. The Hall–Kier alpha value is -1.43. The highest BCUT2D eigenvalue weighted by Gasteiger charge is 2.22. The van der Waals surface area contributed by atoms with Crippen molar-refractivity contribution in [2.45, 2.75) is 19.6 Å². The summed E-state index contributed by atoms with van der Waals surface area (Å²) in [5, 5.41) is 2.83. The lowest BCUT2D eigenvalue weighted by molar-refractivity contribution is -0.142. The maximum Gasteiger partial charge on any atom is 0.255 e. The van der Waals surface area contributed by atoms with E-state index in [0.29, 0.717) is 33.0 Å². The molecule has 0 unspecified atom stereocenters. The van der Waals surface area contributed by atoms with Gasteiger partial charge < -0.3 is 19.5 Å². The van der Waals surface area contributed by atoms with Gasteiger partial charge in [-0.25, -0.2) is 0 Å². The predicted octanol–water partition coefficient (Wildman–Crippen LogP) is 1.58. The van der Waals surface area contributed by atoms with Crippen LogP contribution in [0.4, 0.5) is 5.69 Å². The van der Waals surface area contributed by atoms with Crippen molar-refractivity contribution >= 4 is 11.6 Å². The van der Waals surface area contributed by atoms with Crippen molar-refractivity contribution in [3.63, 3.8) is 0 Å². The molecule has 1 fully saturated rings. The first-order valence-corrected chi connectivity index (χ1v) is 6.46. The second-order valence-corrected chi connectivity index (χ2v) is 4.26. The van der Waals surface area contributed by atoms with Crippen LogP contribution in [0.15, 0.2) is 24.3 Å². The molecule has 1 amide bonds. The van der Waals surface area contributed by atoms with Gasteiger partial charge >= 0.3 is 0 Å². The minimum absolute atomic E-state index is 0.173. The zero-order chi connectivity index (χ0) is 13.5. The third-order valence-electron chi connectivity index (χ3n) is 2.78. The van der Waals surface area contributed by atoms with Gasteiger partial charge in [-0.2, -0.15) is 0 Å². The Balaban J connectivity index is 1.92. The molecular weight excluding hydrogens is 246 g/mol. The van der Waals surface area contributed by atoms with Crippen LogP contribution in [0, 0.1) is 0 Å². The largest absolute Gasteiger partial charge is 0.377 e. The lowest BCUT2D eigenvalue weighted by atomic mass is 10.2. The Bertz CT molecular complexity index is 416. The molecule has 104 valence electrons. The van der Waals surface area contributed by atoms with E-state index in [0.717, 1.165) is 11.3 Å². The highest BCUT2D eigenvalue weighted by molar-refractivity contribution is 5.94. The minimum Gasteiger partial charge on any atom is -0.377 e. The molecule has 1 atom stereocenters. The summed E-state index contributed by atoms with van der Waals surface area (Å²) >= 11 is 0. The molecule has 1 aliphatic heterocycles. The fourth-order valence-electron chi connectivity index (χ4n) is 1.82. The van der Waals surface area contributed by atoms with Crippen molar-refractivity contribution < 1.29 is 19.0 Å². The van der Waals surface area contributed by atoms with Crippen LogP contribution in [-0.4, -0.2) is 38.4 Å². The molecule has 1 heterocycles. The van der Waals surface area contributed by atoms with Crippen molar-refractivity contribution in [3.8, 4) is 0 Å². The number of anilines is 1. The molecule has 0 spiro atoms. The van der Waals surface area contributed by atoms with E-state index >= 15 is 0 Å². The van der Waals surface area contributed by atoms with Gasteiger partial charge in [-0.1, -0.05) is 12.1 Å². The molecule has 0 radical (unpaired) electrons. The number of carbonyl (C=O) groups excluding carboxylic acids is 1. The number of rotatable bonds is 5. The summed E-state index contributed by atoms with van der Waals surface area (Å²) in [7, 11) is 0. The number of carbonyl (C=O) groups is 1. The number of benzene rings is 1. The molecule has 2 rings (SSSR count). The smallest absolute Gasteiger partial charge is 0.255 e. The SMILES string of the molecule is CCOCc1cccc(NC(=O)[C@@H]2COCCO2)c1. The van der Waals surface area contributed by atoms with Crippen LogP contribution < -0.4 is 5.32 Å². The first-order chi connectivity index (χ1) is 9.29. The third kappa shape index (κ3) is 4.31. The van der Waals surface area contributed by atoms with E-state index in [1.807, 2.05) is 31.2 Å². The average Bonchev–Trinajstić information content (AvgIpc) is 2.46. The molecular formula is C14H19NO4. The lowest BCUT2D eigenvalue weighted by Gasteiger charge is -2.22. The molecule has 1 aliphatic rings. The molecule has 1 N–H and O–H groups in total. The van der Waals surface area contributed by atoms with Gasteiger partial charge in [-0.15, -0.1) is 0 Å². The highest BCUT2D eigenvalue weighted by atomic mass is 16.6. The fourth-order valence-corrected chi connectivity index (χ4v) is 1.82. The Labute approximate surface area is 112 Å². The number of hydrogen-bond donors (Lipinski definition) is 1. The average molecular weight is 265 g/mol. The molecule has 5 nitrogen and oxygen atoms in total. The van der Waals surface area contributed by atoms with Crippen LogP contribution in [0.1, 0.15) is 12.5 Å². The first-order valence-electron chi connectivity index (χ1n) is 6.46. The van der Waals surface area contributed by atoms with Crippen molar-refractivity contribution in [3.05, 3.63) is 29.8 Å². The summed E-state index contributed by atoms with van der Waals surface area (Å²) in [6.07, 6.45) is -0.524. The molecule has 19 heavy (non-hydrogen) atoms. The van der Waals surface area contributed by atoms with E-state index in [1.54, 1.807) is 0 Å². The van der Waals surface area contributed by atoms with Crippen molar-refractivity contribution in [2.75, 3.05) is 31.7 Å². The molecule has 0 bridgehead atoms. The summed E-state index contributed by atoms with van der Waals surface area (Å²) in [6.45, 7) is 4.49. The fraction of sp³-hybridized carbons (Fsp3) is 0.500. The second kappa shape index (κ2) is 7.23. The van der Waals surface area contributed by atoms with E-state index in [-0.39, 0.29) is 5.91 Å². The first kappa shape index (κ1) is 14.0. The molecule has 0 aromatic heterocycles. The van der Waals surface area contributed by atoms with Gasteiger partial charge in [0.25, 0.3) is 5.91 Å². The molecule has 5 heteroatoms. The molecule has 0 aliphatic carbocycles. The van der Waals surface area contributed by atoms with Gasteiger partial charge in [0.2, 0.25) is 0 Å². The van der Waals surface area contributed by atoms with E-state index < -0.39 is 6.10 Å². The van der Waals surface area contributed by atoms with Crippen LogP contribution in [0.5, 0.6) is 0 Å². The van der Waals surface area contributed by atoms with E-state index in [4.69, 9.17) is 14.2 Å². The van der Waals surface area contributed by atoms with Gasteiger partial charge in [0.05, 0.1) is 26.4 Å². The Kier molecular flexibility index (Phi) is 5.32. The quantitative estimate of drug-likeness (QED) is 0.878. The number of nitrogens with one attached hydrogen (secondary N) is 1. The predicted molar refractivity (Wildman–Crippen MR) is 71.0 cm³/mol. The zero-order valence-corrected chi connectivity index (χ0v) is 11.1. The molecule has 0 saturated carbocycles. The maximum absolute atomic E-state index is 11.9. The van der Waals surface area contributed by atoms with Crippen LogP contribution in [0.2, 0.25) is 0 Å². The Morgan fingerprint density at radius 1 is 1.47 bits per heavy atom. The lowest BCUT2D eigenvalue weighted by Crippen LogP contribution is -2.39. The van der Waals surface area contributed by atoms with Crippen LogP contribution in [-0.2, 0) is 25.6 Å². The molecule has 1 saturated heterocycles. The van der Waals surface area contributed by atoms with Crippen molar-refractivity contribution in [2.24, 2.45) is 0 Å². The standard InChI is InChI=1S/C14H19NO4/c1-2-17-9-11-4-3-5-12(8-11)15-14(16)13-10-18-6-7-19-13/h3-5,8,13H,2,6-7,9-10H2,1H3,(H,15,16)/t13-/m0/s1. The Morgan fingerprint density at radius 2 is 2.37 bits per heavy atom. The summed E-state index contributed by atoms with van der Waals surface area (Å²) in [5.74, 6) is -0.173. The van der Waals surface area contributed by atoms with E-state index in [1.165, 1.54) is 0 Å². The van der Waals surface area contributed by atoms with Crippen LogP contribution >= 0.6 is 0 Å². The van der Waals surface area contributed by atoms with E-state index in [9.17, 15) is 4.79 Å². The van der Waals surface area contributed by atoms with Gasteiger partial charge in [0.1, 0.15) is 0 Å². The van der Waals surface area contributed by atoms with E-state index in [2.05, 4.69) is 5.32 Å². The minimum atomic E-state index is -0.524. The molecule has 1 aromatic rings. The zero-order valence-electron chi connectivity index (χ0n) is 11.1. The van der Waals surface area contributed by atoms with Crippen molar-refractivity contribution in [1.82, 2.24) is 0 Å². The summed E-state index contributed by atoms with van der Waals surface area (Å²) < 4.78 is 15.9. The second-order valence-electron chi connectivity index (χ2n) is 4.26. The summed E-state index contributed by atoms with van der Waals surface area (Å²) in [6, 6.07) is 7.60. The van der Waals surface area contributed by atoms with Crippen LogP contribution in [0.3, 0.4) is 0 Å². The maximum atomic E-state index is 11.9. The topological polar surface area (TPSA) is 56.8 Å². The number of ether oxygens (including phenoxy) is 3. The van der Waals surface area contributed by atoms with Gasteiger partial charge in [0.15, 0.2) is 6.10 Å². The normalized spacial score (nSPS) is 19.1. The van der Waals surface area contributed by atoms with Crippen LogP contribution in [0.25, 0.3) is 0 Å². The monoisotopic (exact) mass is 265 g/mol. The van der Waals surface area contributed by atoms with Gasteiger partial charge in [-0.3, -0.25) is 4.79 Å².